The van der Waals surface area contributed by atoms with Crippen LogP contribution in [0.1, 0.15) is 44.0 Å². The zero-order valence-corrected chi connectivity index (χ0v) is 11.2. The summed E-state index contributed by atoms with van der Waals surface area (Å²) in [4.78, 5) is 11.1. The minimum atomic E-state index is -0.469. The standard InChI is InChI=1S/C14H21NO3/c1-4-5-8-17-12-7-6-11(14(15)16)9-13(12)18-10(2)3/h6-7,9-10H,4-5,8H2,1-3H3,(H2,15,16). The quantitative estimate of drug-likeness (QED) is 0.758. The normalized spacial score (nSPS) is 10.4. The van der Waals surface area contributed by atoms with Gasteiger partial charge in [-0.05, 0) is 38.5 Å². The van der Waals surface area contributed by atoms with E-state index >= 15 is 0 Å². The van der Waals surface area contributed by atoms with Crippen LogP contribution in [-0.4, -0.2) is 18.6 Å². The number of nitrogens with two attached hydrogens (primary N) is 1. The number of unbranched alkanes of at least 4 members (excludes halogenated alkanes) is 1. The minimum Gasteiger partial charge on any atom is -0.490 e. The molecule has 0 heterocycles. The molecule has 0 saturated heterocycles. The molecular formula is C14H21NO3. The highest BCUT2D eigenvalue weighted by atomic mass is 16.5. The van der Waals surface area contributed by atoms with E-state index in [2.05, 4.69) is 6.92 Å². The Balaban J connectivity index is 2.89. The Hall–Kier alpha value is -1.71. The molecule has 0 unspecified atom stereocenters. The number of benzene rings is 1. The Morgan fingerprint density at radius 3 is 2.61 bits per heavy atom. The first kappa shape index (κ1) is 14.4. The Morgan fingerprint density at radius 1 is 1.33 bits per heavy atom. The van der Waals surface area contributed by atoms with E-state index in [0.29, 0.717) is 23.7 Å². The molecule has 0 bridgehead atoms. The lowest BCUT2D eigenvalue weighted by Crippen LogP contribution is -2.13. The molecule has 0 aliphatic carbocycles. The maximum Gasteiger partial charge on any atom is 0.248 e. The molecule has 0 spiro atoms. The van der Waals surface area contributed by atoms with Gasteiger partial charge in [-0.25, -0.2) is 0 Å². The van der Waals surface area contributed by atoms with Gasteiger partial charge in [0.25, 0.3) is 0 Å². The summed E-state index contributed by atoms with van der Waals surface area (Å²) >= 11 is 0. The molecule has 4 nitrogen and oxygen atoms in total. The van der Waals surface area contributed by atoms with Crippen LogP contribution in [0.25, 0.3) is 0 Å². The first-order chi connectivity index (χ1) is 8.54. The average molecular weight is 251 g/mol. The van der Waals surface area contributed by atoms with Gasteiger partial charge in [-0.15, -0.1) is 0 Å². The molecular weight excluding hydrogens is 230 g/mol. The molecule has 0 aliphatic heterocycles. The van der Waals surface area contributed by atoms with E-state index in [0.717, 1.165) is 12.8 Å². The molecule has 1 aromatic rings. The Bertz CT molecular complexity index is 402. The molecule has 0 aromatic heterocycles. The van der Waals surface area contributed by atoms with E-state index in [1.165, 1.54) is 0 Å². The van der Waals surface area contributed by atoms with Crippen molar-refractivity contribution in [3.05, 3.63) is 23.8 Å². The summed E-state index contributed by atoms with van der Waals surface area (Å²) in [6.45, 7) is 6.59. The average Bonchev–Trinajstić information content (AvgIpc) is 2.30. The fourth-order valence-electron chi connectivity index (χ4n) is 1.45. The molecule has 18 heavy (non-hydrogen) atoms. The largest absolute Gasteiger partial charge is 0.490 e. The molecule has 0 atom stereocenters. The highest BCUT2D eigenvalue weighted by Gasteiger charge is 2.10. The third kappa shape index (κ3) is 4.28. The number of carbonyl (C=O) groups excluding carboxylic acids is 1. The van der Waals surface area contributed by atoms with Crippen molar-refractivity contribution in [2.24, 2.45) is 5.73 Å². The van der Waals surface area contributed by atoms with Crippen molar-refractivity contribution in [1.29, 1.82) is 0 Å². The topological polar surface area (TPSA) is 61.5 Å². The lowest BCUT2D eigenvalue weighted by molar-refractivity contribution is 0.0999. The van der Waals surface area contributed by atoms with Crippen molar-refractivity contribution in [3.63, 3.8) is 0 Å². The first-order valence-electron chi connectivity index (χ1n) is 6.28. The number of ether oxygens (including phenoxy) is 2. The highest BCUT2D eigenvalue weighted by Crippen LogP contribution is 2.29. The van der Waals surface area contributed by atoms with Gasteiger partial charge in [0.1, 0.15) is 0 Å². The Morgan fingerprint density at radius 2 is 2.06 bits per heavy atom. The van der Waals surface area contributed by atoms with E-state index in [1.54, 1.807) is 18.2 Å². The fraction of sp³-hybridized carbons (Fsp3) is 0.500. The van der Waals surface area contributed by atoms with Gasteiger partial charge >= 0.3 is 0 Å². The first-order valence-corrected chi connectivity index (χ1v) is 6.28. The van der Waals surface area contributed by atoms with Gasteiger partial charge in [0, 0.05) is 5.56 Å². The van der Waals surface area contributed by atoms with Gasteiger partial charge in [-0.1, -0.05) is 13.3 Å². The summed E-state index contributed by atoms with van der Waals surface area (Å²) in [5.74, 6) is 0.753. The van der Waals surface area contributed by atoms with Crippen LogP contribution in [0, 0.1) is 0 Å². The van der Waals surface area contributed by atoms with Crippen molar-refractivity contribution >= 4 is 5.91 Å². The number of hydrogen-bond acceptors (Lipinski definition) is 3. The van der Waals surface area contributed by atoms with Crippen LogP contribution in [0.4, 0.5) is 0 Å². The summed E-state index contributed by atoms with van der Waals surface area (Å²) in [5.41, 5.74) is 5.67. The molecule has 1 rings (SSSR count). The van der Waals surface area contributed by atoms with Gasteiger partial charge in [0.15, 0.2) is 11.5 Å². The maximum absolute atomic E-state index is 11.1. The molecule has 100 valence electrons. The Kier molecular flexibility index (Phi) is 5.49. The zero-order valence-electron chi connectivity index (χ0n) is 11.2. The van der Waals surface area contributed by atoms with Crippen LogP contribution in [0.15, 0.2) is 18.2 Å². The van der Waals surface area contributed by atoms with Crippen molar-refractivity contribution in [2.45, 2.75) is 39.7 Å². The smallest absolute Gasteiger partial charge is 0.248 e. The lowest BCUT2D eigenvalue weighted by Gasteiger charge is -2.15. The monoisotopic (exact) mass is 251 g/mol. The molecule has 0 fully saturated rings. The van der Waals surface area contributed by atoms with Crippen LogP contribution in [0.2, 0.25) is 0 Å². The number of rotatable bonds is 7. The summed E-state index contributed by atoms with van der Waals surface area (Å²) in [6.07, 6.45) is 2.07. The molecule has 0 radical (unpaired) electrons. The van der Waals surface area contributed by atoms with Crippen molar-refractivity contribution in [2.75, 3.05) is 6.61 Å². The van der Waals surface area contributed by atoms with E-state index < -0.39 is 5.91 Å². The third-order valence-corrected chi connectivity index (χ3v) is 2.35. The van der Waals surface area contributed by atoms with Crippen LogP contribution >= 0.6 is 0 Å². The zero-order chi connectivity index (χ0) is 13.5. The van der Waals surface area contributed by atoms with Crippen LogP contribution in [0.3, 0.4) is 0 Å². The van der Waals surface area contributed by atoms with Gasteiger partial charge < -0.3 is 15.2 Å². The fourth-order valence-corrected chi connectivity index (χ4v) is 1.45. The predicted octanol–water partition coefficient (Wildman–Crippen LogP) is 2.75. The highest BCUT2D eigenvalue weighted by molar-refractivity contribution is 5.93. The van der Waals surface area contributed by atoms with Gasteiger partial charge in [-0.3, -0.25) is 4.79 Å². The van der Waals surface area contributed by atoms with Crippen LogP contribution in [-0.2, 0) is 0 Å². The third-order valence-electron chi connectivity index (χ3n) is 2.35. The van der Waals surface area contributed by atoms with Crippen molar-refractivity contribution in [3.8, 4) is 11.5 Å². The predicted molar refractivity (Wildman–Crippen MR) is 71.1 cm³/mol. The number of carbonyl (C=O) groups is 1. The van der Waals surface area contributed by atoms with E-state index in [-0.39, 0.29) is 6.10 Å². The van der Waals surface area contributed by atoms with Crippen molar-refractivity contribution in [1.82, 2.24) is 0 Å². The van der Waals surface area contributed by atoms with Crippen LogP contribution in [0.5, 0.6) is 11.5 Å². The number of hydrogen-bond donors (Lipinski definition) is 1. The summed E-state index contributed by atoms with van der Waals surface area (Å²) in [5, 5.41) is 0. The summed E-state index contributed by atoms with van der Waals surface area (Å²) in [6, 6.07) is 5.01. The SMILES string of the molecule is CCCCOc1ccc(C(N)=O)cc1OC(C)C. The van der Waals surface area contributed by atoms with E-state index in [1.807, 2.05) is 13.8 Å². The molecule has 4 heteroatoms. The lowest BCUT2D eigenvalue weighted by atomic mass is 10.2. The van der Waals surface area contributed by atoms with E-state index in [9.17, 15) is 4.79 Å². The van der Waals surface area contributed by atoms with Crippen molar-refractivity contribution < 1.29 is 14.3 Å². The molecule has 1 amide bonds. The van der Waals surface area contributed by atoms with E-state index in [4.69, 9.17) is 15.2 Å². The van der Waals surface area contributed by atoms with Crippen LogP contribution < -0.4 is 15.2 Å². The molecule has 2 N–H and O–H groups in total. The second kappa shape index (κ2) is 6.89. The second-order valence-corrected chi connectivity index (χ2v) is 4.39. The second-order valence-electron chi connectivity index (χ2n) is 4.39. The molecule has 0 saturated carbocycles. The molecule has 1 aromatic carbocycles. The molecule has 0 aliphatic rings. The number of amides is 1. The maximum atomic E-state index is 11.1. The number of primary amides is 1. The summed E-state index contributed by atoms with van der Waals surface area (Å²) < 4.78 is 11.3. The van der Waals surface area contributed by atoms with Gasteiger partial charge in [-0.2, -0.15) is 0 Å². The minimum absolute atomic E-state index is 0.0154. The van der Waals surface area contributed by atoms with Gasteiger partial charge in [0.05, 0.1) is 12.7 Å². The summed E-state index contributed by atoms with van der Waals surface area (Å²) in [7, 11) is 0. The van der Waals surface area contributed by atoms with Gasteiger partial charge in [0.2, 0.25) is 5.91 Å². The Labute approximate surface area is 108 Å².